The minimum absolute atomic E-state index is 0.00416. The number of anilines is 4. The van der Waals surface area contributed by atoms with Crippen molar-refractivity contribution in [2.24, 2.45) is 5.41 Å². The van der Waals surface area contributed by atoms with E-state index >= 15 is 4.39 Å². The Kier molecular flexibility index (Phi) is 11.6. The van der Waals surface area contributed by atoms with Gasteiger partial charge in [0.1, 0.15) is 5.82 Å². The number of halogens is 6. The summed E-state index contributed by atoms with van der Waals surface area (Å²) in [6.45, 7) is 3.60. The number of alkyl halides is 3. The number of nitrogens with zero attached hydrogens (tertiary/aromatic N) is 3. The van der Waals surface area contributed by atoms with Gasteiger partial charge in [0.2, 0.25) is 11.9 Å². The van der Waals surface area contributed by atoms with Crippen molar-refractivity contribution in [3.8, 4) is 6.01 Å². The van der Waals surface area contributed by atoms with E-state index in [1.807, 2.05) is 19.1 Å². The van der Waals surface area contributed by atoms with Crippen LogP contribution in [0.2, 0.25) is 10.0 Å². The second-order valence-electron chi connectivity index (χ2n) is 13.2. The van der Waals surface area contributed by atoms with Crippen molar-refractivity contribution in [1.29, 1.82) is 0 Å². The zero-order chi connectivity index (χ0) is 38.6. The summed E-state index contributed by atoms with van der Waals surface area (Å²) in [4.78, 5) is 49.8. The summed E-state index contributed by atoms with van der Waals surface area (Å²) in [6, 6.07) is 14.9. The molecule has 0 bridgehead atoms. The maximum absolute atomic E-state index is 15.2. The number of nitrogens with one attached hydrogen (secondary N) is 5. The van der Waals surface area contributed by atoms with Gasteiger partial charge >= 0.3 is 24.0 Å². The fourth-order valence-corrected chi connectivity index (χ4v) is 5.37. The zero-order valence-corrected chi connectivity index (χ0v) is 30.1. The molecule has 1 fully saturated rings. The van der Waals surface area contributed by atoms with Gasteiger partial charge in [0.05, 0.1) is 21.8 Å². The van der Waals surface area contributed by atoms with Crippen molar-refractivity contribution < 1.29 is 36.7 Å². The highest BCUT2D eigenvalue weighted by Crippen LogP contribution is 2.48. The number of carbonyl (C=O) groups is 3. The molecule has 1 saturated carbocycles. The highest BCUT2D eigenvalue weighted by atomic mass is 35.5. The molecule has 1 aliphatic carbocycles. The summed E-state index contributed by atoms with van der Waals surface area (Å²) in [5.74, 6) is -3.85. The molecule has 0 radical (unpaired) electrons. The van der Waals surface area contributed by atoms with Gasteiger partial charge in [-0.05, 0) is 78.8 Å². The van der Waals surface area contributed by atoms with E-state index in [1.165, 1.54) is 12.1 Å². The number of amides is 3. The van der Waals surface area contributed by atoms with E-state index in [-0.39, 0.29) is 46.9 Å². The number of benzene rings is 3. The molecule has 3 aromatic carbocycles. The molecule has 0 spiro atoms. The molecule has 12 nitrogen and oxygen atoms in total. The van der Waals surface area contributed by atoms with E-state index in [0.29, 0.717) is 17.9 Å². The molecule has 0 atom stereocenters. The van der Waals surface area contributed by atoms with Gasteiger partial charge in [-0.1, -0.05) is 55.2 Å². The Balaban J connectivity index is 1.20. The Hall–Kier alpha value is -5.22. The largest absolute Gasteiger partial charge is 0.454 e. The number of hydrogen-bond acceptors (Lipinski definition) is 9. The van der Waals surface area contributed by atoms with E-state index in [1.54, 1.807) is 44.2 Å². The van der Waals surface area contributed by atoms with Gasteiger partial charge in [-0.3, -0.25) is 14.4 Å². The van der Waals surface area contributed by atoms with Crippen LogP contribution in [0.3, 0.4) is 0 Å². The lowest BCUT2D eigenvalue weighted by molar-refractivity contribution is -0.154. The predicted octanol–water partition coefficient (Wildman–Crippen LogP) is 6.92. The monoisotopic (exact) mass is 776 g/mol. The third-order valence-corrected chi connectivity index (χ3v) is 8.55. The fraction of sp³-hybridized carbons (Fsp3) is 0.314. The first-order chi connectivity index (χ1) is 24.9. The highest BCUT2D eigenvalue weighted by Gasteiger charge is 2.45. The normalized spacial score (nSPS) is 13.5. The average Bonchev–Trinajstić information content (AvgIpc) is 3.86. The molecular weight excluding hydrogens is 743 g/mol. The molecule has 0 saturated heterocycles. The molecule has 280 valence electrons. The van der Waals surface area contributed by atoms with Crippen LogP contribution in [0.25, 0.3) is 0 Å². The summed E-state index contributed by atoms with van der Waals surface area (Å²) < 4.78 is 58.8. The molecule has 5 rings (SSSR count). The maximum atomic E-state index is 15.2. The molecule has 0 unspecified atom stereocenters. The Labute approximate surface area is 311 Å². The van der Waals surface area contributed by atoms with E-state index in [4.69, 9.17) is 27.9 Å². The highest BCUT2D eigenvalue weighted by molar-refractivity contribution is 6.41. The van der Waals surface area contributed by atoms with E-state index in [2.05, 4.69) is 41.5 Å². The molecule has 3 amide bonds. The van der Waals surface area contributed by atoms with E-state index in [9.17, 15) is 27.6 Å². The smallest absolute Gasteiger partial charge is 0.422 e. The molecule has 18 heteroatoms. The van der Waals surface area contributed by atoms with Crippen molar-refractivity contribution in [2.45, 2.75) is 45.3 Å². The second-order valence-corrected chi connectivity index (χ2v) is 14.0. The summed E-state index contributed by atoms with van der Waals surface area (Å²) >= 11 is 12.1. The predicted molar refractivity (Wildman–Crippen MR) is 191 cm³/mol. The molecule has 1 aromatic heterocycles. The number of aryl methyl sites for hydroxylation is 1. The molecule has 1 aliphatic rings. The van der Waals surface area contributed by atoms with Crippen molar-refractivity contribution in [3.05, 3.63) is 93.2 Å². The van der Waals surface area contributed by atoms with E-state index in [0.717, 1.165) is 17.2 Å². The van der Waals surface area contributed by atoms with Crippen LogP contribution in [-0.2, 0) is 15.1 Å². The molecule has 4 aromatic rings. The number of rotatable bonds is 13. The quantitative estimate of drug-likeness (QED) is 0.0718. The van der Waals surface area contributed by atoms with Crippen LogP contribution >= 0.6 is 23.2 Å². The minimum atomic E-state index is -4.66. The fourth-order valence-electron chi connectivity index (χ4n) is 4.96. The number of aromatic nitrogens is 3. The average molecular weight is 778 g/mol. The molecule has 5 N–H and O–H groups in total. The summed E-state index contributed by atoms with van der Waals surface area (Å²) in [7, 11) is 0. The van der Waals surface area contributed by atoms with Crippen LogP contribution in [-0.4, -0.2) is 58.5 Å². The van der Waals surface area contributed by atoms with Crippen LogP contribution < -0.4 is 31.3 Å². The Morgan fingerprint density at radius 2 is 1.55 bits per heavy atom. The van der Waals surface area contributed by atoms with Crippen molar-refractivity contribution >= 4 is 64.2 Å². The van der Waals surface area contributed by atoms with Gasteiger partial charge in [0.25, 0.3) is 5.91 Å². The SMILES string of the molecule is Cc1ccc(NC(=O)C(=O)NCC(C)(C)CNC(=O)c2ccc(Nc3nc(NC4(c5ccc(Cl)cc5)CC4)nc(OCC(F)(F)F)n3)cc2F)c(Cl)c1. The summed E-state index contributed by atoms with van der Waals surface area (Å²) in [5.41, 5.74) is 0.443. The summed E-state index contributed by atoms with van der Waals surface area (Å²) in [6.07, 6.45) is -3.29. The van der Waals surface area contributed by atoms with Gasteiger partial charge in [0, 0.05) is 23.8 Å². The molecule has 1 heterocycles. The standard InChI is InChI=1S/C35H34Cl2F4N8O4/c1-19-4-11-26(24(37)14-19)45-29(52)28(51)43-17-33(2,3)16-42-27(50)23-10-9-22(15-25(23)38)44-30-46-31(48-32(47-30)53-18-35(39,40)41)49-34(12-13-34)20-5-7-21(36)8-6-20/h4-11,14-15H,12-13,16-18H2,1-3H3,(H,42,50)(H,43,51)(H,45,52)(H2,44,46,47,48,49). The van der Waals surface area contributed by atoms with Crippen molar-refractivity contribution in [2.75, 3.05) is 35.6 Å². The lowest BCUT2D eigenvalue weighted by Gasteiger charge is -2.25. The lowest BCUT2D eigenvalue weighted by atomic mass is 9.93. The Morgan fingerprint density at radius 3 is 2.19 bits per heavy atom. The topological polar surface area (TPSA) is 159 Å². The first-order valence-corrected chi connectivity index (χ1v) is 16.9. The molecule has 0 aliphatic heterocycles. The first kappa shape index (κ1) is 39.0. The molecular formula is C35H34Cl2F4N8O4. The van der Waals surface area contributed by atoms with Gasteiger partial charge in [0.15, 0.2) is 6.61 Å². The van der Waals surface area contributed by atoms with Gasteiger partial charge in [-0.15, -0.1) is 0 Å². The molecule has 53 heavy (non-hydrogen) atoms. The number of ether oxygens (including phenoxy) is 1. The van der Waals surface area contributed by atoms with Gasteiger partial charge < -0.3 is 31.3 Å². The van der Waals surface area contributed by atoms with Crippen LogP contribution in [0.5, 0.6) is 6.01 Å². The minimum Gasteiger partial charge on any atom is -0.454 e. The third kappa shape index (κ3) is 10.9. The summed E-state index contributed by atoms with van der Waals surface area (Å²) in [5, 5.41) is 14.2. The van der Waals surface area contributed by atoms with Gasteiger partial charge in [-0.25, -0.2) is 4.39 Å². The van der Waals surface area contributed by atoms with Crippen LogP contribution in [0.1, 0.15) is 48.2 Å². The van der Waals surface area contributed by atoms with Gasteiger partial charge in [-0.2, -0.15) is 28.1 Å². The van der Waals surface area contributed by atoms with E-state index < -0.39 is 53.3 Å². The van der Waals surface area contributed by atoms with Crippen molar-refractivity contribution in [3.63, 3.8) is 0 Å². The van der Waals surface area contributed by atoms with Crippen molar-refractivity contribution in [1.82, 2.24) is 25.6 Å². The van der Waals surface area contributed by atoms with Crippen LogP contribution in [0, 0.1) is 18.2 Å². The Bertz CT molecular complexity index is 2010. The second kappa shape index (κ2) is 15.8. The zero-order valence-electron chi connectivity index (χ0n) is 28.6. The lowest BCUT2D eigenvalue weighted by Crippen LogP contribution is -2.45. The third-order valence-electron chi connectivity index (χ3n) is 7.98. The first-order valence-electron chi connectivity index (χ1n) is 16.1. The number of hydrogen-bond donors (Lipinski definition) is 5. The Morgan fingerprint density at radius 1 is 0.868 bits per heavy atom. The van der Waals surface area contributed by atoms with Crippen LogP contribution in [0.4, 0.5) is 40.8 Å². The van der Waals surface area contributed by atoms with Crippen LogP contribution in [0.15, 0.2) is 60.7 Å². The maximum Gasteiger partial charge on any atom is 0.422 e. The number of carbonyl (C=O) groups excluding carboxylic acids is 3.